The number of nitrogens with one attached hydrogen (secondary N) is 1. The fourth-order valence-corrected chi connectivity index (χ4v) is 3.38. The highest BCUT2D eigenvalue weighted by Gasteiger charge is 2.21. The molecule has 0 aliphatic carbocycles. The van der Waals surface area contributed by atoms with Gasteiger partial charge in [0.05, 0.1) is 13.2 Å². The van der Waals surface area contributed by atoms with Crippen LogP contribution < -0.4 is 10.2 Å². The number of guanidine groups is 1. The lowest BCUT2D eigenvalue weighted by molar-refractivity contribution is 0.0698. The molecule has 0 aromatic carbocycles. The summed E-state index contributed by atoms with van der Waals surface area (Å²) in [6, 6.07) is 0. The predicted molar refractivity (Wildman–Crippen MR) is 102 cm³/mol. The van der Waals surface area contributed by atoms with E-state index in [9.17, 15) is 0 Å². The first-order chi connectivity index (χ1) is 12.3. The molecule has 0 unspecified atom stereocenters. The number of piperazine rings is 1. The second-order valence-corrected chi connectivity index (χ2v) is 6.48. The number of hydrogen-bond acceptors (Lipinski definition) is 7. The topological polar surface area (TPSA) is 75.1 Å². The summed E-state index contributed by atoms with van der Waals surface area (Å²) in [5.74, 6) is 1.90. The summed E-state index contributed by atoms with van der Waals surface area (Å²) in [5, 5.41) is 4.45. The van der Waals surface area contributed by atoms with Crippen LogP contribution in [-0.2, 0) is 15.9 Å². The van der Waals surface area contributed by atoms with Crippen molar-refractivity contribution >= 4 is 22.6 Å². The Morgan fingerprint density at radius 1 is 1.24 bits per heavy atom. The molecule has 1 aliphatic heterocycles. The molecule has 1 saturated heterocycles. The molecule has 142 valence electrons. The highest BCUT2D eigenvalue weighted by atomic mass is 32.1. The van der Waals surface area contributed by atoms with Gasteiger partial charge in [0, 0.05) is 71.4 Å². The molecule has 1 aromatic rings. The lowest BCUT2D eigenvalue weighted by Gasteiger charge is -2.36. The van der Waals surface area contributed by atoms with Crippen molar-refractivity contribution in [1.82, 2.24) is 19.6 Å². The largest absolute Gasteiger partial charge is 0.382 e. The molecule has 2 rings (SSSR count). The first kappa shape index (κ1) is 19.9. The molecule has 8 nitrogen and oxygen atoms in total. The number of nitrogens with zero attached hydrogens (tertiary/aromatic N) is 5. The maximum Gasteiger partial charge on any atom is 0.205 e. The lowest BCUT2D eigenvalue weighted by Crippen LogP contribution is -2.52. The van der Waals surface area contributed by atoms with Crippen LogP contribution in [0.1, 0.15) is 19.2 Å². The van der Waals surface area contributed by atoms with Crippen LogP contribution in [0.3, 0.4) is 0 Å². The third-order valence-electron chi connectivity index (χ3n) is 4.02. The number of ether oxygens (including phenoxy) is 2. The molecule has 25 heavy (non-hydrogen) atoms. The molecule has 1 N–H and O–H groups in total. The quantitative estimate of drug-likeness (QED) is 0.392. The Balaban J connectivity index is 1.67. The minimum Gasteiger partial charge on any atom is -0.382 e. The molecule has 1 fully saturated rings. The maximum atomic E-state index is 5.47. The normalized spacial score (nSPS) is 15.7. The van der Waals surface area contributed by atoms with Gasteiger partial charge in [0.2, 0.25) is 5.13 Å². The number of aryl methyl sites for hydroxylation is 1. The van der Waals surface area contributed by atoms with Crippen LogP contribution >= 0.6 is 11.5 Å². The Morgan fingerprint density at radius 3 is 2.68 bits per heavy atom. The highest BCUT2D eigenvalue weighted by Crippen LogP contribution is 2.19. The summed E-state index contributed by atoms with van der Waals surface area (Å²) in [5.41, 5.74) is 0. The standard InChI is InChI=1S/C16H30N6O2S/c1-4-14-19-16(25-20-14)22-9-7-21(8-10-22)15(17-2)18-6-5-11-24-13-12-23-3/h4-13H2,1-3H3,(H,17,18). The zero-order chi connectivity index (χ0) is 17.9. The fourth-order valence-electron chi connectivity index (χ4n) is 2.58. The van der Waals surface area contributed by atoms with Gasteiger partial charge in [0.25, 0.3) is 0 Å². The van der Waals surface area contributed by atoms with Crippen molar-refractivity contribution in [3.8, 4) is 0 Å². The summed E-state index contributed by atoms with van der Waals surface area (Å²) in [7, 11) is 3.52. The van der Waals surface area contributed by atoms with E-state index in [0.29, 0.717) is 13.2 Å². The molecule has 0 saturated carbocycles. The monoisotopic (exact) mass is 370 g/mol. The molecule has 0 amide bonds. The minimum absolute atomic E-state index is 0.647. The van der Waals surface area contributed by atoms with E-state index in [1.807, 2.05) is 7.05 Å². The van der Waals surface area contributed by atoms with Gasteiger partial charge < -0.3 is 24.6 Å². The van der Waals surface area contributed by atoms with Crippen molar-refractivity contribution in [3.63, 3.8) is 0 Å². The van der Waals surface area contributed by atoms with Gasteiger partial charge in [0.1, 0.15) is 5.82 Å². The average Bonchev–Trinajstić information content (AvgIpc) is 3.14. The van der Waals surface area contributed by atoms with Gasteiger partial charge in [-0.3, -0.25) is 4.99 Å². The Bertz CT molecular complexity index is 516. The minimum atomic E-state index is 0.647. The smallest absolute Gasteiger partial charge is 0.205 e. The van der Waals surface area contributed by atoms with Crippen molar-refractivity contribution < 1.29 is 9.47 Å². The van der Waals surface area contributed by atoms with E-state index in [4.69, 9.17) is 9.47 Å². The fraction of sp³-hybridized carbons (Fsp3) is 0.812. The van der Waals surface area contributed by atoms with Gasteiger partial charge in [-0.15, -0.1) is 0 Å². The van der Waals surface area contributed by atoms with Crippen molar-refractivity contribution in [1.29, 1.82) is 0 Å². The summed E-state index contributed by atoms with van der Waals surface area (Å²) in [6.45, 7) is 8.73. The zero-order valence-corrected chi connectivity index (χ0v) is 16.3. The highest BCUT2D eigenvalue weighted by molar-refractivity contribution is 7.09. The van der Waals surface area contributed by atoms with E-state index in [1.54, 1.807) is 7.11 Å². The first-order valence-corrected chi connectivity index (χ1v) is 9.65. The second kappa shape index (κ2) is 11.2. The van der Waals surface area contributed by atoms with Gasteiger partial charge in [0.15, 0.2) is 5.96 Å². The van der Waals surface area contributed by atoms with E-state index < -0.39 is 0 Å². The van der Waals surface area contributed by atoms with Crippen LogP contribution in [0.15, 0.2) is 4.99 Å². The molecular formula is C16H30N6O2S. The molecule has 0 bridgehead atoms. The predicted octanol–water partition coefficient (Wildman–Crippen LogP) is 0.851. The van der Waals surface area contributed by atoms with E-state index in [-0.39, 0.29) is 0 Å². The van der Waals surface area contributed by atoms with Gasteiger partial charge >= 0.3 is 0 Å². The SMILES string of the molecule is CCc1nsc(N2CCN(C(=NC)NCCCOCCOC)CC2)n1. The first-order valence-electron chi connectivity index (χ1n) is 8.88. The third-order valence-corrected chi connectivity index (χ3v) is 4.83. The molecule has 1 aromatic heterocycles. The lowest BCUT2D eigenvalue weighted by atomic mass is 10.3. The molecule has 0 atom stereocenters. The number of rotatable bonds is 9. The van der Waals surface area contributed by atoms with Gasteiger partial charge in [-0.25, -0.2) is 4.98 Å². The zero-order valence-electron chi connectivity index (χ0n) is 15.5. The second-order valence-electron chi connectivity index (χ2n) is 5.75. The van der Waals surface area contributed by atoms with E-state index >= 15 is 0 Å². The molecule has 0 radical (unpaired) electrons. The maximum absolute atomic E-state index is 5.47. The average molecular weight is 371 g/mol. The van der Waals surface area contributed by atoms with E-state index in [0.717, 1.165) is 69.1 Å². The van der Waals surface area contributed by atoms with Crippen LogP contribution in [0.2, 0.25) is 0 Å². The third kappa shape index (κ3) is 6.41. The van der Waals surface area contributed by atoms with Crippen molar-refractivity contribution in [2.45, 2.75) is 19.8 Å². The van der Waals surface area contributed by atoms with E-state index in [2.05, 4.69) is 36.4 Å². The van der Waals surface area contributed by atoms with Gasteiger partial charge in [-0.1, -0.05) is 6.92 Å². The Morgan fingerprint density at radius 2 is 2.04 bits per heavy atom. The van der Waals surface area contributed by atoms with Crippen LogP contribution in [0.5, 0.6) is 0 Å². The van der Waals surface area contributed by atoms with Crippen molar-refractivity contribution in [2.24, 2.45) is 4.99 Å². The van der Waals surface area contributed by atoms with E-state index in [1.165, 1.54) is 11.5 Å². The molecule has 0 spiro atoms. The Kier molecular flexibility index (Phi) is 8.92. The van der Waals surface area contributed by atoms with Crippen LogP contribution in [0, 0.1) is 0 Å². The molecule has 9 heteroatoms. The van der Waals surface area contributed by atoms with Crippen molar-refractivity contribution in [3.05, 3.63) is 5.82 Å². The summed E-state index contributed by atoms with van der Waals surface area (Å²) in [6.07, 6.45) is 1.84. The van der Waals surface area contributed by atoms with Crippen molar-refractivity contribution in [2.75, 3.05) is 71.6 Å². The number of methoxy groups -OCH3 is 1. The summed E-state index contributed by atoms with van der Waals surface area (Å²) >= 11 is 1.50. The molecule has 2 heterocycles. The number of hydrogen-bond donors (Lipinski definition) is 1. The van der Waals surface area contributed by atoms with Crippen LogP contribution in [0.4, 0.5) is 5.13 Å². The molecule has 1 aliphatic rings. The summed E-state index contributed by atoms with van der Waals surface area (Å²) in [4.78, 5) is 13.6. The Labute approximate surface area is 154 Å². The number of anilines is 1. The molecular weight excluding hydrogens is 340 g/mol. The number of aliphatic imine (C=N–C) groups is 1. The summed E-state index contributed by atoms with van der Waals surface area (Å²) < 4.78 is 14.8. The number of aromatic nitrogens is 2. The van der Waals surface area contributed by atoms with Gasteiger partial charge in [-0.05, 0) is 6.42 Å². The van der Waals surface area contributed by atoms with Gasteiger partial charge in [-0.2, -0.15) is 4.37 Å². The Hall–Kier alpha value is -1.45. The van der Waals surface area contributed by atoms with Crippen LogP contribution in [-0.4, -0.2) is 86.9 Å². The van der Waals surface area contributed by atoms with Crippen LogP contribution in [0.25, 0.3) is 0 Å².